The number of nitrogens with zero attached hydrogens (tertiary/aromatic N) is 1. The molecule has 1 aromatic carbocycles. The van der Waals surface area contributed by atoms with Gasteiger partial charge in [0.05, 0.1) is 6.04 Å². The molecule has 1 aliphatic heterocycles. The molecule has 1 fully saturated rings. The second-order valence-corrected chi connectivity index (χ2v) is 8.53. The van der Waals surface area contributed by atoms with Gasteiger partial charge in [-0.3, -0.25) is 4.90 Å². The van der Waals surface area contributed by atoms with Crippen molar-refractivity contribution in [2.45, 2.75) is 78.7 Å². The van der Waals surface area contributed by atoms with Gasteiger partial charge in [-0.1, -0.05) is 44.2 Å². The average Bonchev–Trinajstić information content (AvgIpc) is 2.53. The number of hydrogen-bond acceptors (Lipinski definition) is 3. The lowest BCUT2D eigenvalue weighted by atomic mass is 9.76. The fraction of sp³-hybridized carbons (Fsp3) is 0.667. The lowest BCUT2D eigenvalue weighted by Gasteiger charge is -2.50. The summed E-state index contributed by atoms with van der Waals surface area (Å²) in [5, 5.41) is 3.14. The average molecular weight is 347 g/mol. The van der Waals surface area contributed by atoms with Crippen molar-refractivity contribution in [2.75, 3.05) is 0 Å². The van der Waals surface area contributed by atoms with Gasteiger partial charge in [-0.2, -0.15) is 0 Å². The Morgan fingerprint density at radius 2 is 1.64 bits per heavy atom. The molecule has 0 spiro atoms. The van der Waals surface area contributed by atoms with Crippen LogP contribution in [0.3, 0.4) is 0 Å². The summed E-state index contributed by atoms with van der Waals surface area (Å²) in [6.45, 7) is 15.6. The summed E-state index contributed by atoms with van der Waals surface area (Å²) in [5.74, 6) is 0.879. The van der Waals surface area contributed by atoms with E-state index in [-0.39, 0.29) is 18.2 Å². The van der Waals surface area contributed by atoms with Gasteiger partial charge in [0.15, 0.2) is 0 Å². The van der Waals surface area contributed by atoms with Gasteiger partial charge in [0.25, 0.3) is 0 Å². The standard InChI is InChI=1S/C21H34N2O2/c1-14-15(2)19(22-20(24)25-21(5,6)7)17(4)23(16(14)3)13-18-11-9-8-10-12-18/h8-12,14-17,19H,13H2,1-7H3,(H,22,24)/t14-,15+,16-,17+,19+/m0/s1. The molecule has 1 amide bonds. The van der Waals surface area contributed by atoms with Crippen LogP contribution in [0.4, 0.5) is 4.79 Å². The maximum Gasteiger partial charge on any atom is 0.407 e. The summed E-state index contributed by atoms with van der Waals surface area (Å²) in [6.07, 6.45) is -0.322. The largest absolute Gasteiger partial charge is 0.444 e. The molecule has 5 atom stereocenters. The summed E-state index contributed by atoms with van der Waals surface area (Å²) in [6, 6.07) is 11.3. The first kappa shape index (κ1) is 19.8. The molecule has 0 aromatic heterocycles. The van der Waals surface area contributed by atoms with E-state index in [9.17, 15) is 4.79 Å². The topological polar surface area (TPSA) is 41.6 Å². The molecule has 1 heterocycles. The molecule has 1 aromatic rings. The van der Waals surface area contributed by atoms with Gasteiger partial charge >= 0.3 is 6.09 Å². The Bertz CT molecular complexity index is 567. The molecule has 0 saturated carbocycles. The van der Waals surface area contributed by atoms with Crippen LogP contribution in [-0.4, -0.2) is 34.7 Å². The molecule has 2 rings (SSSR count). The third-order valence-electron chi connectivity index (χ3n) is 5.61. The van der Waals surface area contributed by atoms with E-state index in [1.165, 1.54) is 5.56 Å². The van der Waals surface area contributed by atoms with Crippen molar-refractivity contribution >= 4 is 6.09 Å². The fourth-order valence-electron chi connectivity index (χ4n) is 3.86. The van der Waals surface area contributed by atoms with Gasteiger partial charge in [0, 0.05) is 18.6 Å². The van der Waals surface area contributed by atoms with Crippen LogP contribution in [0, 0.1) is 11.8 Å². The molecule has 4 nitrogen and oxygen atoms in total. The van der Waals surface area contributed by atoms with E-state index < -0.39 is 5.60 Å². The number of hydrogen-bond donors (Lipinski definition) is 1. The summed E-state index contributed by atoms with van der Waals surface area (Å²) in [5.41, 5.74) is 0.826. The first-order chi connectivity index (χ1) is 11.6. The van der Waals surface area contributed by atoms with Crippen LogP contribution in [0.25, 0.3) is 0 Å². The number of alkyl carbamates (subject to hydrolysis) is 1. The van der Waals surface area contributed by atoms with E-state index in [2.05, 4.69) is 62.2 Å². The van der Waals surface area contributed by atoms with Crippen LogP contribution < -0.4 is 5.32 Å². The molecule has 0 aliphatic carbocycles. The highest BCUT2D eigenvalue weighted by atomic mass is 16.6. The molecule has 1 saturated heterocycles. The number of rotatable bonds is 3. The van der Waals surface area contributed by atoms with Crippen molar-refractivity contribution in [3.8, 4) is 0 Å². The van der Waals surface area contributed by atoms with Crippen molar-refractivity contribution in [2.24, 2.45) is 11.8 Å². The number of carbonyl (C=O) groups excluding carboxylic acids is 1. The second-order valence-electron chi connectivity index (χ2n) is 8.53. The SMILES string of the molecule is C[C@@H]1[C@H](C)[C@H](C)N(Cc2ccccc2)[C@H](C)[C@@H]1NC(=O)OC(C)(C)C. The highest BCUT2D eigenvalue weighted by Gasteiger charge is 2.42. The first-order valence-electron chi connectivity index (χ1n) is 9.39. The summed E-state index contributed by atoms with van der Waals surface area (Å²) >= 11 is 0. The van der Waals surface area contributed by atoms with Crippen LogP contribution >= 0.6 is 0 Å². The van der Waals surface area contributed by atoms with E-state index in [1.54, 1.807) is 0 Å². The van der Waals surface area contributed by atoms with Gasteiger partial charge in [-0.25, -0.2) is 4.79 Å². The van der Waals surface area contributed by atoms with Gasteiger partial charge in [-0.15, -0.1) is 0 Å². The molecular weight excluding hydrogens is 312 g/mol. The number of benzene rings is 1. The van der Waals surface area contributed by atoms with Crippen LogP contribution in [0.2, 0.25) is 0 Å². The third-order valence-corrected chi connectivity index (χ3v) is 5.61. The normalized spacial score (nSPS) is 30.8. The van der Waals surface area contributed by atoms with Crippen molar-refractivity contribution in [3.05, 3.63) is 35.9 Å². The monoisotopic (exact) mass is 346 g/mol. The maximum absolute atomic E-state index is 12.3. The Labute approximate surface area is 152 Å². The zero-order valence-electron chi connectivity index (χ0n) is 16.7. The van der Waals surface area contributed by atoms with E-state index in [4.69, 9.17) is 4.74 Å². The van der Waals surface area contributed by atoms with E-state index in [0.29, 0.717) is 17.9 Å². The Morgan fingerprint density at radius 1 is 1.04 bits per heavy atom. The van der Waals surface area contributed by atoms with E-state index >= 15 is 0 Å². The van der Waals surface area contributed by atoms with Gasteiger partial charge < -0.3 is 10.1 Å². The van der Waals surface area contributed by atoms with Crippen LogP contribution in [0.1, 0.15) is 54.0 Å². The number of nitrogens with one attached hydrogen (secondary N) is 1. The van der Waals surface area contributed by atoms with Gasteiger partial charge in [0.2, 0.25) is 0 Å². The zero-order valence-corrected chi connectivity index (χ0v) is 16.7. The quantitative estimate of drug-likeness (QED) is 0.879. The van der Waals surface area contributed by atoms with Gasteiger partial charge in [0.1, 0.15) is 5.60 Å². The number of likely N-dealkylation sites (tertiary alicyclic amines) is 1. The van der Waals surface area contributed by atoms with Crippen LogP contribution in [0.15, 0.2) is 30.3 Å². The Hall–Kier alpha value is -1.55. The number of carbonyl (C=O) groups is 1. The maximum atomic E-state index is 12.3. The number of piperidine rings is 1. The summed E-state index contributed by atoms with van der Waals surface area (Å²) in [7, 11) is 0. The van der Waals surface area contributed by atoms with Crippen molar-refractivity contribution in [1.29, 1.82) is 0 Å². The first-order valence-corrected chi connectivity index (χ1v) is 9.39. The molecule has 0 bridgehead atoms. The number of amides is 1. The van der Waals surface area contributed by atoms with E-state index in [1.807, 2.05) is 26.8 Å². The number of ether oxygens (including phenoxy) is 1. The van der Waals surface area contributed by atoms with Crippen molar-refractivity contribution in [3.63, 3.8) is 0 Å². The third kappa shape index (κ3) is 4.97. The lowest BCUT2D eigenvalue weighted by Crippen LogP contribution is -2.63. The minimum atomic E-state index is -0.478. The fourth-order valence-corrected chi connectivity index (χ4v) is 3.86. The smallest absolute Gasteiger partial charge is 0.407 e. The van der Waals surface area contributed by atoms with Crippen molar-refractivity contribution < 1.29 is 9.53 Å². The summed E-state index contributed by atoms with van der Waals surface area (Å²) in [4.78, 5) is 14.8. The van der Waals surface area contributed by atoms with E-state index in [0.717, 1.165) is 6.54 Å². The summed E-state index contributed by atoms with van der Waals surface area (Å²) < 4.78 is 5.48. The highest BCUT2D eigenvalue weighted by molar-refractivity contribution is 5.68. The Morgan fingerprint density at radius 3 is 2.20 bits per heavy atom. The Kier molecular flexibility index (Phi) is 6.15. The lowest BCUT2D eigenvalue weighted by molar-refractivity contribution is -0.0118. The van der Waals surface area contributed by atoms with Crippen molar-refractivity contribution in [1.82, 2.24) is 10.2 Å². The minimum absolute atomic E-state index is 0.0739. The van der Waals surface area contributed by atoms with Crippen LogP contribution in [0.5, 0.6) is 0 Å². The Balaban J connectivity index is 2.14. The molecular formula is C21H34N2O2. The van der Waals surface area contributed by atoms with Gasteiger partial charge in [-0.05, 0) is 52.0 Å². The molecule has 1 aliphatic rings. The predicted octanol–water partition coefficient (Wildman–Crippen LogP) is 4.44. The predicted molar refractivity (Wildman–Crippen MR) is 102 cm³/mol. The molecule has 4 heteroatoms. The zero-order chi connectivity index (χ0) is 18.8. The molecule has 1 N–H and O–H groups in total. The second kappa shape index (κ2) is 7.77. The molecule has 0 unspecified atom stereocenters. The van der Waals surface area contributed by atoms with Crippen LogP contribution in [-0.2, 0) is 11.3 Å². The molecule has 0 radical (unpaired) electrons. The minimum Gasteiger partial charge on any atom is -0.444 e. The molecule has 140 valence electrons. The highest BCUT2D eigenvalue weighted by Crippen LogP contribution is 2.34. The molecule has 25 heavy (non-hydrogen) atoms.